The molecule has 0 rings (SSSR count). The Labute approximate surface area is 75.9 Å². The minimum atomic E-state index is -1.12. The molecule has 0 aromatic rings. The smallest absolute Gasteiger partial charge is 0.126 e. The minimum Gasteiger partial charge on any atom is -0.240 e. The quantitative estimate of drug-likeness (QED) is 0.563. The summed E-state index contributed by atoms with van der Waals surface area (Å²) in [7, 11) is 0. The molecule has 0 heterocycles. The van der Waals surface area contributed by atoms with Crippen molar-refractivity contribution in [1.29, 1.82) is 0 Å². The van der Waals surface area contributed by atoms with Crippen molar-refractivity contribution in [3.63, 3.8) is 0 Å². The van der Waals surface area contributed by atoms with E-state index in [2.05, 4.69) is 20.8 Å². The van der Waals surface area contributed by atoms with Gasteiger partial charge >= 0.3 is 0 Å². The minimum absolute atomic E-state index is 0.464. The lowest BCUT2D eigenvalue weighted by atomic mass is 9.95. The lowest BCUT2D eigenvalue weighted by Crippen LogP contribution is -2.13. The third-order valence-electron chi connectivity index (χ3n) is 2.49. The molecule has 72 valence electrons. The normalized spacial score (nSPS) is 19.9. The van der Waals surface area contributed by atoms with Crippen molar-refractivity contribution in [3.05, 3.63) is 12.2 Å². The maximum Gasteiger partial charge on any atom is 0.126 e. The van der Waals surface area contributed by atoms with Gasteiger partial charge in [0.05, 0.1) is 0 Å². The van der Waals surface area contributed by atoms with Crippen LogP contribution in [0, 0.1) is 11.8 Å². The van der Waals surface area contributed by atoms with E-state index in [9.17, 15) is 4.39 Å². The predicted molar refractivity (Wildman–Crippen MR) is 52.9 cm³/mol. The van der Waals surface area contributed by atoms with Crippen molar-refractivity contribution < 1.29 is 4.39 Å². The van der Waals surface area contributed by atoms with Crippen molar-refractivity contribution in [2.24, 2.45) is 11.8 Å². The van der Waals surface area contributed by atoms with Gasteiger partial charge in [-0.1, -0.05) is 39.8 Å². The van der Waals surface area contributed by atoms with Crippen molar-refractivity contribution in [2.75, 3.05) is 0 Å². The SMILES string of the molecule is CC[C@](C)(F)/C=C\[C@H](C)C(C)C. The zero-order valence-electron chi connectivity index (χ0n) is 8.89. The van der Waals surface area contributed by atoms with Gasteiger partial charge < -0.3 is 0 Å². The largest absolute Gasteiger partial charge is 0.240 e. The molecule has 0 saturated carbocycles. The second kappa shape index (κ2) is 4.64. The number of alkyl halides is 1. The summed E-state index contributed by atoms with van der Waals surface area (Å²) in [6.07, 6.45) is 4.22. The van der Waals surface area contributed by atoms with E-state index in [0.29, 0.717) is 18.3 Å². The van der Waals surface area contributed by atoms with Gasteiger partial charge in [0.2, 0.25) is 0 Å². The Morgan fingerprint density at radius 1 is 1.33 bits per heavy atom. The summed E-state index contributed by atoms with van der Waals surface area (Å²) in [6, 6.07) is 0. The molecule has 0 fully saturated rings. The summed E-state index contributed by atoms with van der Waals surface area (Å²) in [5.74, 6) is 1.06. The predicted octanol–water partition coefficient (Wildman–Crippen LogP) is 3.97. The van der Waals surface area contributed by atoms with E-state index in [-0.39, 0.29) is 0 Å². The fraction of sp³-hybridized carbons (Fsp3) is 0.818. The van der Waals surface area contributed by atoms with Crippen molar-refractivity contribution in [3.8, 4) is 0 Å². The molecule has 1 heteroatoms. The third kappa shape index (κ3) is 4.53. The molecule has 0 N–H and O–H groups in total. The number of allylic oxidation sites excluding steroid dienone is 2. The van der Waals surface area contributed by atoms with Crippen molar-refractivity contribution in [1.82, 2.24) is 0 Å². The van der Waals surface area contributed by atoms with Crippen molar-refractivity contribution in [2.45, 2.75) is 46.7 Å². The topological polar surface area (TPSA) is 0 Å². The fourth-order valence-corrected chi connectivity index (χ4v) is 0.692. The Bertz CT molecular complexity index is 145. The second-order valence-electron chi connectivity index (χ2n) is 4.09. The first-order valence-electron chi connectivity index (χ1n) is 4.77. The summed E-state index contributed by atoms with van der Waals surface area (Å²) in [5.41, 5.74) is -1.12. The highest BCUT2D eigenvalue weighted by molar-refractivity contribution is 5.00. The molecular formula is C11H21F. The van der Waals surface area contributed by atoms with Gasteiger partial charge in [-0.15, -0.1) is 0 Å². The van der Waals surface area contributed by atoms with E-state index in [0.717, 1.165) is 0 Å². The van der Waals surface area contributed by atoms with E-state index in [1.807, 2.05) is 13.0 Å². The molecule has 0 aliphatic rings. The van der Waals surface area contributed by atoms with Gasteiger partial charge in [0.1, 0.15) is 5.67 Å². The average Bonchev–Trinajstić information content (AvgIpc) is 2.00. The number of halogens is 1. The van der Waals surface area contributed by atoms with Crippen LogP contribution >= 0.6 is 0 Å². The number of hydrogen-bond donors (Lipinski definition) is 0. The van der Waals surface area contributed by atoms with Crippen LogP contribution in [0.25, 0.3) is 0 Å². The van der Waals surface area contributed by atoms with Crippen LogP contribution in [-0.4, -0.2) is 5.67 Å². The first-order valence-corrected chi connectivity index (χ1v) is 4.77. The summed E-state index contributed by atoms with van der Waals surface area (Å²) >= 11 is 0. The van der Waals surface area contributed by atoms with Gasteiger partial charge in [0, 0.05) is 0 Å². The van der Waals surface area contributed by atoms with Crippen LogP contribution in [0.4, 0.5) is 4.39 Å². The van der Waals surface area contributed by atoms with Crippen LogP contribution in [0.2, 0.25) is 0 Å². The second-order valence-corrected chi connectivity index (χ2v) is 4.09. The Morgan fingerprint density at radius 2 is 1.83 bits per heavy atom. The highest BCUT2D eigenvalue weighted by Gasteiger charge is 2.16. The van der Waals surface area contributed by atoms with E-state index in [1.165, 1.54) is 0 Å². The average molecular weight is 172 g/mol. The Hall–Kier alpha value is -0.330. The molecule has 0 aromatic heterocycles. The molecule has 0 aliphatic carbocycles. The summed E-state index contributed by atoms with van der Waals surface area (Å²) in [4.78, 5) is 0. The number of rotatable bonds is 4. The molecule has 12 heavy (non-hydrogen) atoms. The van der Waals surface area contributed by atoms with Crippen LogP contribution in [0.3, 0.4) is 0 Å². The van der Waals surface area contributed by atoms with Crippen LogP contribution in [0.5, 0.6) is 0 Å². The first kappa shape index (κ1) is 11.7. The molecule has 0 spiro atoms. The molecule has 0 nitrogen and oxygen atoms in total. The molecule has 2 atom stereocenters. The highest BCUT2D eigenvalue weighted by Crippen LogP contribution is 2.19. The maximum atomic E-state index is 13.4. The summed E-state index contributed by atoms with van der Waals surface area (Å²) in [6.45, 7) is 9.90. The van der Waals surface area contributed by atoms with Crippen LogP contribution in [-0.2, 0) is 0 Å². The van der Waals surface area contributed by atoms with Crippen molar-refractivity contribution >= 4 is 0 Å². The Kier molecular flexibility index (Phi) is 4.51. The molecular weight excluding hydrogens is 151 g/mol. The molecule has 0 amide bonds. The molecule has 0 radical (unpaired) electrons. The molecule has 0 aliphatic heterocycles. The summed E-state index contributed by atoms with van der Waals surface area (Å²) < 4.78 is 13.4. The van der Waals surface area contributed by atoms with Gasteiger partial charge in [0.25, 0.3) is 0 Å². The van der Waals surface area contributed by atoms with Crippen LogP contribution < -0.4 is 0 Å². The van der Waals surface area contributed by atoms with E-state index in [1.54, 1.807) is 13.0 Å². The summed E-state index contributed by atoms with van der Waals surface area (Å²) in [5, 5.41) is 0. The Balaban J connectivity index is 4.05. The van der Waals surface area contributed by atoms with Crippen LogP contribution in [0.15, 0.2) is 12.2 Å². The van der Waals surface area contributed by atoms with E-state index < -0.39 is 5.67 Å². The number of hydrogen-bond acceptors (Lipinski definition) is 0. The van der Waals surface area contributed by atoms with Gasteiger partial charge in [0.15, 0.2) is 0 Å². The molecule has 0 aromatic carbocycles. The third-order valence-corrected chi connectivity index (χ3v) is 2.49. The zero-order valence-corrected chi connectivity index (χ0v) is 8.89. The molecule has 0 saturated heterocycles. The van der Waals surface area contributed by atoms with Gasteiger partial charge in [-0.3, -0.25) is 0 Å². The highest BCUT2D eigenvalue weighted by atomic mass is 19.1. The van der Waals surface area contributed by atoms with Gasteiger partial charge in [-0.05, 0) is 25.2 Å². The van der Waals surface area contributed by atoms with Crippen LogP contribution in [0.1, 0.15) is 41.0 Å². The standard InChI is InChI=1S/C11H21F/c1-6-11(5,12)8-7-10(4)9(2)3/h7-10H,6H2,1-5H3/b8-7-/t10-,11-/m0/s1. The Morgan fingerprint density at radius 3 is 2.17 bits per heavy atom. The van der Waals surface area contributed by atoms with Gasteiger partial charge in [-0.25, -0.2) is 4.39 Å². The zero-order chi connectivity index (χ0) is 9.78. The van der Waals surface area contributed by atoms with E-state index in [4.69, 9.17) is 0 Å². The molecule has 0 bridgehead atoms. The lowest BCUT2D eigenvalue weighted by molar-refractivity contribution is 0.248. The monoisotopic (exact) mass is 172 g/mol. The fourth-order valence-electron chi connectivity index (χ4n) is 0.692. The molecule has 0 unspecified atom stereocenters. The van der Waals surface area contributed by atoms with E-state index >= 15 is 0 Å². The first-order chi connectivity index (χ1) is 5.39. The lowest BCUT2D eigenvalue weighted by Gasteiger charge is -2.15. The maximum absolute atomic E-state index is 13.4. The van der Waals surface area contributed by atoms with Gasteiger partial charge in [-0.2, -0.15) is 0 Å².